The number of nitrogens with one attached hydrogen (secondary N) is 2. The molecule has 1 rings (SSSR count). The summed E-state index contributed by atoms with van der Waals surface area (Å²) in [6.07, 6.45) is -0.0574. The predicted octanol–water partition coefficient (Wildman–Crippen LogP) is 2.76. The van der Waals surface area contributed by atoms with E-state index in [0.29, 0.717) is 19.0 Å². The lowest BCUT2D eigenvalue weighted by Crippen LogP contribution is -2.44. The molecule has 0 aliphatic rings. The number of benzene rings is 1. The molecule has 0 amide bonds. The number of sulfone groups is 1. The molecule has 2 N–H and O–H groups in total. The molecule has 1 aromatic rings. The summed E-state index contributed by atoms with van der Waals surface area (Å²) in [6.45, 7) is 9.97. The molecule has 0 spiro atoms. The molecule has 0 aliphatic heterocycles. The smallest absolute Gasteiger partial charge is 0.191 e. The molecule has 1 unspecified atom stereocenters. The zero-order chi connectivity index (χ0) is 19.1. The summed E-state index contributed by atoms with van der Waals surface area (Å²) in [5.74, 6) is 1.48. The standard InChI is InChI=1S/C18H31N3O3S.HI/c1-14-9-7-8-10-16(14)24-15(2)13-21-17(19-6)20-11-12-25(22,23)18(3,4)5;/h7-10,15H,11-13H2,1-6H3,(H2,19,20,21);1H. The fourth-order valence-electron chi connectivity index (χ4n) is 2.02. The first-order chi connectivity index (χ1) is 11.6. The van der Waals surface area contributed by atoms with Crippen molar-refractivity contribution in [3.63, 3.8) is 0 Å². The quantitative estimate of drug-likeness (QED) is 0.344. The van der Waals surface area contributed by atoms with E-state index in [4.69, 9.17) is 4.74 Å². The van der Waals surface area contributed by atoms with Gasteiger partial charge in [-0.1, -0.05) is 18.2 Å². The maximum absolute atomic E-state index is 12.1. The van der Waals surface area contributed by atoms with Gasteiger partial charge in [0.1, 0.15) is 11.9 Å². The third kappa shape index (κ3) is 8.11. The fraction of sp³-hybridized carbons (Fsp3) is 0.611. The molecule has 0 fully saturated rings. The minimum absolute atomic E-state index is 0. The van der Waals surface area contributed by atoms with Crippen molar-refractivity contribution in [1.29, 1.82) is 0 Å². The lowest BCUT2D eigenvalue weighted by Gasteiger charge is -2.21. The largest absolute Gasteiger partial charge is 0.489 e. The van der Waals surface area contributed by atoms with E-state index >= 15 is 0 Å². The third-order valence-electron chi connectivity index (χ3n) is 3.80. The molecule has 6 nitrogen and oxygen atoms in total. The second-order valence-corrected chi connectivity index (χ2v) is 9.87. The first kappa shape index (κ1) is 25.0. The Hall–Kier alpha value is -1.03. The average Bonchev–Trinajstić information content (AvgIpc) is 2.51. The number of aryl methyl sites for hydroxylation is 1. The van der Waals surface area contributed by atoms with Gasteiger partial charge in [0.2, 0.25) is 0 Å². The molecule has 0 radical (unpaired) electrons. The van der Waals surface area contributed by atoms with Crippen molar-refractivity contribution in [1.82, 2.24) is 10.6 Å². The van der Waals surface area contributed by atoms with Crippen LogP contribution in [-0.2, 0) is 9.84 Å². The lowest BCUT2D eigenvalue weighted by atomic mass is 10.2. The summed E-state index contributed by atoms with van der Waals surface area (Å²) < 4.78 is 29.4. The van der Waals surface area contributed by atoms with E-state index in [9.17, 15) is 8.42 Å². The molecule has 0 saturated carbocycles. The van der Waals surface area contributed by atoms with Crippen LogP contribution in [0.4, 0.5) is 0 Å². The van der Waals surface area contributed by atoms with Gasteiger partial charge in [0.05, 0.1) is 17.0 Å². The van der Waals surface area contributed by atoms with Crippen molar-refractivity contribution in [3.05, 3.63) is 29.8 Å². The van der Waals surface area contributed by atoms with Gasteiger partial charge < -0.3 is 15.4 Å². The summed E-state index contributed by atoms with van der Waals surface area (Å²) in [6, 6.07) is 7.86. The Morgan fingerprint density at radius 3 is 2.38 bits per heavy atom. The molecule has 1 atom stereocenters. The van der Waals surface area contributed by atoms with E-state index in [1.807, 2.05) is 38.1 Å². The summed E-state index contributed by atoms with van der Waals surface area (Å²) >= 11 is 0. The van der Waals surface area contributed by atoms with Crippen molar-refractivity contribution in [2.24, 2.45) is 4.99 Å². The molecule has 0 aromatic heterocycles. The van der Waals surface area contributed by atoms with Gasteiger partial charge in [-0.15, -0.1) is 24.0 Å². The Morgan fingerprint density at radius 2 is 1.85 bits per heavy atom. The number of ether oxygens (including phenoxy) is 1. The normalized spacial score (nSPS) is 13.5. The van der Waals surface area contributed by atoms with Gasteiger partial charge >= 0.3 is 0 Å². The van der Waals surface area contributed by atoms with Gasteiger partial charge in [0.25, 0.3) is 0 Å². The summed E-state index contributed by atoms with van der Waals surface area (Å²) in [5.41, 5.74) is 1.09. The maximum Gasteiger partial charge on any atom is 0.191 e. The molecule has 8 heteroatoms. The van der Waals surface area contributed by atoms with Gasteiger partial charge in [0.15, 0.2) is 15.8 Å². The van der Waals surface area contributed by atoms with Crippen molar-refractivity contribution < 1.29 is 13.2 Å². The highest BCUT2D eigenvalue weighted by molar-refractivity contribution is 14.0. The van der Waals surface area contributed by atoms with Crippen LogP contribution in [0, 0.1) is 6.92 Å². The minimum Gasteiger partial charge on any atom is -0.489 e. The Balaban J connectivity index is 0.00000625. The third-order valence-corrected chi connectivity index (χ3v) is 6.41. The van der Waals surface area contributed by atoms with E-state index in [1.165, 1.54) is 0 Å². The molecule has 0 saturated heterocycles. The van der Waals surface area contributed by atoms with E-state index in [0.717, 1.165) is 11.3 Å². The predicted molar refractivity (Wildman–Crippen MR) is 120 cm³/mol. The van der Waals surface area contributed by atoms with Crippen molar-refractivity contribution in [2.75, 3.05) is 25.9 Å². The monoisotopic (exact) mass is 497 g/mol. The zero-order valence-electron chi connectivity index (χ0n) is 16.5. The zero-order valence-corrected chi connectivity index (χ0v) is 19.6. The highest BCUT2D eigenvalue weighted by atomic mass is 127. The van der Waals surface area contributed by atoms with Crippen molar-refractivity contribution >= 4 is 39.8 Å². The van der Waals surface area contributed by atoms with Crippen LogP contribution in [0.5, 0.6) is 5.75 Å². The van der Waals surface area contributed by atoms with Gasteiger partial charge in [-0.25, -0.2) is 8.42 Å². The number of halogens is 1. The van der Waals surface area contributed by atoms with Gasteiger partial charge in [-0.05, 0) is 46.2 Å². The van der Waals surface area contributed by atoms with Gasteiger partial charge in [-0.2, -0.15) is 0 Å². The van der Waals surface area contributed by atoms with E-state index in [1.54, 1.807) is 27.8 Å². The molecule has 1 aromatic carbocycles. The number of nitrogens with zero attached hydrogens (tertiary/aromatic N) is 1. The number of rotatable bonds is 7. The molecule has 0 bridgehead atoms. The van der Waals surface area contributed by atoms with E-state index in [2.05, 4.69) is 15.6 Å². The summed E-state index contributed by atoms with van der Waals surface area (Å²) in [4.78, 5) is 4.11. The van der Waals surface area contributed by atoms with Crippen LogP contribution in [0.1, 0.15) is 33.3 Å². The van der Waals surface area contributed by atoms with Crippen LogP contribution in [0.25, 0.3) is 0 Å². The van der Waals surface area contributed by atoms with Crippen LogP contribution in [0.2, 0.25) is 0 Å². The van der Waals surface area contributed by atoms with Crippen molar-refractivity contribution in [2.45, 2.75) is 45.5 Å². The number of aliphatic imine (C=N–C) groups is 1. The van der Waals surface area contributed by atoms with Crippen LogP contribution in [0.3, 0.4) is 0 Å². The molecule has 150 valence electrons. The van der Waals surface area contributed by atoms with E-state index in [-0.39, 0.29) is 35.8 Å². The van der Waals surface area contributed by atoms with E-state index < -0.39 is 14.6 Å². The number of hydrogen-bond acceptors (Lipinski definition) is 4. The Labute approximate surface area is 175 Å². The van der Waals surface area contributed by atoms with Crippen LogP contribution in [-0.4, -0.2) is 51.1 Å². The lowest BCUT2D eigenvalue weighted by molar-refractivity contribution is 0.222. The highest BCUT2D eigenvalue weighted by Gasteiger charge is 2.28. The minimum atomic E-state index is -3.15. The van der Waals surface area contributed by atoms with Crippen LogP contribution < -0.4 is 15.4 Å². The molecule has 26 heavy (non-hydrogen) atoms. The first-order valence-electron chi connectivity index (χ1n) is 8.46. The Kier molecular flexibility index (Phi) is 10.5. The van der Waals surface area contributed by atoms with Gasteiger partial charge in [-0.3, -0.25) is 4.99 Å². The summed E-state index contributed by atoms with van der Waals surface area (Å²) in [7, 11) is -1.50. The highest BCUT2D eigenvalue weighted by Crippen LogP contribution is 2.17. The van der Waals surface area contributed by atoms with Crippen LogP contribution in [0.15, 0.2) is 29.3 Å². The molecule has 0 aliphatic carbocycles. The number of hydrogen-bond donors (Lipinski definition) is 2. The summed E-state index contributed by atoms with van der Waals surface area (Å²) in [5, 5.41) is 6.19. The van der Waals surface area contributed by atoms with Gasteiger partial charge in [0, 0.05) is 13.6 Å². The topological polar surface area (TPSA) is 79.8 Å². The Bertz CT molecular complexity index is 685. The Morgan fingerprint density at radius 1 is 1.23 bits per heavy atom. The number of guanidine groups is 1. The number of para-hydroxylation sites is 1. The fourth-order valence-corrected chi connectivity index (χ4v) is 3.00. The molecular formula is C18H32IN3O3S. The average molecular weight is 497 g/mol. The van der Waals surface area contributed by atoms with Crippen LogP contribution >= 0.6 is 24.0 Å². The molecule has 0 heterocycles. The van der Waals surface area contributed by atoms with Crippen molar-refractivity contribution in [3.8, 4) is 5.75 Å². The SMILES string of the molecule is CN=C(NCCS(=O)(=O)C(C)(C)C)NCC(C)Oc1ccccc1C.I. The second-order valence-electron chi connectivity index (χ2n) is 7.01. The molecular weight excluding hydrogens is 465 g/mol. The second kappa shape index (κ2) is 11.0. The maximum atomic E-state index is 12.1. The first-order valence-corrected chi connectivity index (χ1v) is 10.1.